The Morgan fingerprint density at radius 2 is 2.00 bits per heavy atom. The second kappa shape index (κ2) is 5.64. The van der Waals surface area contributed by atoms with Gasteiger partial charge in [-0.2, -0.15) is 0 Å². The van der Waals surface area contributed by atoms with Crippen molar-refractivity contribution in [3.8, 4) is 0 Å². The Morgan fingerprint density at radius 3 is 2.50 bits per heavy atom. The summed E-state index contributed by atoms with van der Waals surface area (Å²) in [7, 11) is 4.06. The van der Waals surface area contributed by atoms with Gasteiger partial charge in [0.2, 0.25) is 5.91 Å². The zero-order valence-corrected chi connectivity index (χ0v) is 11.0. The molecule has 0 spiro atoms. The van der Waals surface area contributed by atoms with Gasteiger partial charge in [0, 0.05) is 31.1 Å². The predicted molar refractivity (Wildman–Crippen MR) is 66.4 cm³/mol. The number of hydrogen-bond acceptors (Lipinski definition) is 3. The van der Waals surface area contributed by atoms with E-state index in [9.17, 15) is 4.79 Å². The maximum Gasteiger partial charge on any atom is 0.221 e. The summed E-state index contributed by atoms with van der Waals surface area (Å²) in [6, 6.07) is 0.686. The van der Waals surface area contributed by atoms with Gasteiger partial charge in [0.25, 0.3) is 0 Å². The van der Waals surface area contributed by atoms with Gasteiger partial charge in [0.1, 0.15) is 0 Å². The van der Waals surface area contributed by atoms with Crippen LogP contribution in [-0.2, 0) is 4.79 Å². The van der Waals surface area contributed by atoms with E-state index >= 15 is 0 Å². The van der Waals surface area contributed by atoms with Crippen molar-refractivity contribution in [2.24, 2.45) is 0 Å². The van der Waals surface area contributed by atoms with Crippen molar-refractivity contribution in [3.05, 3.63) is 0 Å². The maximum absolute atomic E-state index is 11.5. The molecule has 1 aliphatic rings. The second-order valence-corrected chi connectivity index (χ2v) is 5.46. The summed E-state index contributed by atoms with van der Waals surface area (Å²) in [5, 5.41) is 6.31. The average Bonchev–Trinajstić information content (AvgIpc) is 2.98. The molecule has 4 nitrogen and oxygen atoms in total. The molecule has 16 heavy (non-hydrogen) atoms. The zero-order valence-electron chi connectivity index (χ0n) is 11.0. The molecule has 1 aliphatic carbocycles. The van der Waals surface area contributed by atoms with E-state index in [4.69, 9.17) is 0 Å². The molecular formula is C12H25N3O. The van der Waals surface area contributed by atoms with Crippen LogP contribution < -0.4 is 10.6 Å². The van der Waals surface area contributed by atoms with Crippen molar-refractivity contribution in [3.63, 3.8) is 0 Å². The fraction of sp³-hybridized carbons (Fsp3) is 0.917. The van der Waals surface area contributed by atoms with Crippen molar-refractivity contribution >= 4 is 5.91 Å². The Bertz CT molecular complexity index is 234. The van der Waals surface area contributed by atoms with Crippen LogP contribution in [0.3, 0.4) is 0 Å². The van der Waals surface area contributed by atoms with Gasteiger partial charge in [-0.3, -0.25) is 4.79 Å². The summed E-state index contributed by atoms with van der Waals surface area (Å²) in [6.45, 7) is 5.74. The predicted octanol–water partition coefficient (Wildman–Crippen LogP) is 0.585. The molecule has 0 atom stereocenters. The Balaban J connectivity index is 2.08. The Labute approximate surface area is 98.8 Å². The highest BCUT2D eigenvalue weighted by Gasteiger charge is 2.22. The molecule has 4 heteroatoms. The third-order valence-corrected chi connectivity index (χ3v) is 3.29. The summed E-state index contributed by atoms with van der Waals surface area (Å²) in [6.07, 6.45) is 3.13. The van der Waals surface area contributed by atoms with Crippen molar-refractivity contribution in [1.29, 1.82) is 0 Å². The monoisotopic (exact) mass is 227 g/mol. The van der Waals surface area contributed by atoms with Gasteiger partial charge >= 0.3 is 0 Å². The quantitative estimate of drug-likeness (QED) is 0.669. The average molecular weight is 227 g/mol. The Morgan fingerprint density at radius 1 is 1.38 bits per heavy atom. The number of rotatable bonds is 7. The largest absolute Gasteiger partial charge is 0.354 e. The van der Waals surface area contributed by atoms with E-state index in [-0.39, 0.29) is 11.4 Å². The summed E-state index contributed by atoms with van der Waals surface area (Å²) >= 11 is 0. The topological polar surface area (TPSA) is 44.4 Å². The van der Waals surface area contributed by atoms with Crippen LogP contribution in [0.25, 0.3) is 0 Å². The van der Waals surface area contributed by atoms with Gasteiger partial charge in [-0.15, -0.1) is 0 Å². The van der Waals surface area contributed by atoms with Crippen molar-refractivity contribution in [2.45, 2.75) is 44.7 Å². The first kappa shape index (κ1) is 13.5. The van der Waals surface area contributed by atoms with Crippen LogP contribution in [0.4, 0.5) is 0 Å². The minimum Gasteiger partial charge on any atom is -0.354 e. The smallest absolute Gasteiger partial charge is 0.221 e. The van der Waals surface area contributed by atoms with E-state index < -0.39 is 0 Å². The van der Waals surface area contributed by atoms with E-state index in [1.165, 1.54) is 12.8 Å². The molecule has 1 amide bonds. The summed E-state index contributed by atoms with van der Waals surface area (Å²) in [4.78, 5) is 13.7. The molecule has 1 fully saturated rings. The lowest BCUT2D eigenvalue weighted by Crippen LogP contribution is -2.48. The fourth-order valence-corrected chi connectivity index (χ4v) is 1.24. The molecule has 0 aromatic rings. The van der Waals surface area contributed by atoms with Crippen LogP contribution in [0.2, 0.25) is 0 Å². The maximum atomic E-state index is 11.5. The van der Waals surface area contributed by atoms with E-state index in [1.807, 2.05) is 14.1 Å². The molecule has 0 bridgehead atoms. The molecule has 0 aliphatic heterocycles. The number of nitrogens with one attached hydrogen (secondary N) is 2. The zero-order chi connectivity index (χ0) is 12.2. The SMILES string of the molecule is CN(C)C(C)(C)CNC(=O)CCNC1CC1. The molecule has 1 saturated carbocycles. The molecular weight excluding hydrogens is 202 g/mol. The molecule has 0 unspecified atom stereocenters. The number of carbonyl (C=O) groups excluding carboxylic acids is 1. The van der Waals surface area contributed by atoms with Gasteiger partial charge in [-0.25, -0.2) is 0 Å². The highest BCUT2D eigenvalue weighted by atomic mass is 16.1. The van der Waals surface area contributed by atoms with E-state index in [0.29, 0.717) is 19.0 Å². The Hall–Kier alpha value is -0.610. The van der Waals surface area contributed by atoms with Crippen molar-refractivity contribution in [2.75, 3.05) is 27.2 Å². The summed E-state index contributed by atoms with van der Waals surface area (Å²) in [5.41, 5.74) is 0.0135. The second-order valence-electron chi connectivity index (χ2n) is 5.46. The normalized spacial score (nSPS) is 16.6. The number of carbonyl (C=O) groups is 1. The third kappa shape index (κ3) is 4.94. The van der Waals surface area contributed by atoms with Crippen LogP contribution in [0.15, 0.2) is 0 Å². The Kier molecular flexibility index (Phi) is 4.74. The van der Waals surface area contributed by atoms with E-state index in [1.54, 1.807) is 0 Å². The fourth-order valence-electron chi connectivity index (χ4n) is 1.24. The lowest BCUT2D eigenvalue weighted by Gasteiger charge is -2.32. The van der Waals surface area contributed by atoms with Gasteiger partial charge < -0.3 is 15.5 Å². The van der Waals surface area contributed by atoms with Gasteiger partial charge in [0.05, 0.1) is 0 Å². The summed E-state index contributed by atoms with van der Waals surface area (Å²) < 4.78 is 0. The van der Waals surface area contributed by atoms with Gasteiger partial charge in [-0.05, 0) is 40.8 Å². The standard InChI is InChI=1S/C12H25N3O/c1-12(2,15(3)4)9-14-11(16)7-8-13-10-5-6-10/h10,13H,5-9H2,1-4H3,(H,14,16). The minimum absolute atomic E-state index is 0.0135. The van der Waals surface area contributed by atoms with Crippen LogP contribution in [0, 0.1) is 0 Å². The van der Waals surface area contributed by atoms with E-state index in [0.717, 1.165) is 6.54 Å². The lowest BCUT2D eigenvalue weighted by molar-refractivity contribution is -0.121. The van der Waals surface area contributed by atoms with Crippen LogP contribution >= 0.6 is 0 Å². The molecule has 0 saturated heterocycles. The number of amides is 1. The van der Waals surface area contributed by atoms with Crippen LogP contribution in [0.1, 0.15) is 33.1 Å². The van der Waals surface area contributed by atoms with Crippen LogP contribution in [0.5, 0.6) is 0 Å². The molecule has 0 aromatic carbocycles. The first-order chi connectivity index (χ1) is 7.42. The molecule has 0 heterocycles. The van der Waals surface area contributed by atoms with Crippen molar-refractivity contribution in [1.82, 2.24) is 15.5 Å². The van der Waals surface area contributed by atoms with Gasteiger partial charge in [-0.1, -0.05) is 0 Å². The molecule has 2 N–H and O–H groups in total. The molecule has 94 valence electrons. The van der Waals surface area contributed by atoms with Crippen LogP contribution in [-0.4, -0.2) is 49.6 Å². The highest BCUT2D eigenvalue weighted by molar-refractivity contribution is 5.76. The third-order valence-electron chi connectivity index (χ3n) is 3.29. The highest BCUT2D eigenvalue weighted by Crippen LogP contribution is 2.18. The lowest BCUT2D eigenvalue weighted by atomic mass is 10.0. The number of hydrogen-bond donors (Lipinski definition) is 2. The molecule has 0 radical (unpaired) electrons. The number of likely N-dealkylation sites (N-methyl/N-ethyl adjacent to an activating group) is 1. The van der Waals surface area contributed by atoms with Crippen molar-refractivity contribution < 1.29 is 4.79 Å². The van der Waals surface area contributed by atoms with Gasteiger partial charge in [0.15, 0.2) is 0 Å². The minimum atomic E-state index is 0.0135. The summed E-state index contributed by atoms with van der Waals surface area (Å²) in [5.74, 6) is 0.142. The van der Waals surface area contributed by atoms with E-state index in [2.05, 4.69) is 29.4 Å². The number of nitrogens with zero attached hydrogens (tertiary/aromatic N) is 1. The first-order valence-electron chi connectivity index (χ1n) is 6.09. The first-order valence-corrected chi connectivity index (χ1v) is 6.09. The molecule has 0 aromatic heterocycles. The molecule has 1 rings (SSSR count).